The van der Waals surface area contributed by atoms with Gasteiger partial charge in [-0.3, -0.25) is 0 Å². The van der Waals surface area contributed by atoms with E-state index in [1.54, 1.807) is 11.3 Å². The molecular weight excluding hydrogens is 262 g/mol. The molecule has 0 spiro atoms. The lowest BCUT2D eigenvalue weighted by molar-refractivity contribution is 0.532. The molecule has 1 rings (SSSR count). The highest BCUT2D eigenvalue weighted by atomic mass is 35.5. The third kappa shape index (κ3) is 3.64. The first-order valence-electron chi connectivity index (χ1n) is 5.15. The van der Waals surface area contributed by atoms with Crippen LogP contribution in [0.3, 0.4) is 0 Å². The van der Waals surface area contributed by atoms with Gasteiger partial charge in [0.05, 0.1) is 10.4 Å². The first kappa shape index (κ1) is 14.3. The van der Waals surface area contributed by atoms with Gasteiger partial charge in [-0.15, -0.1) is 16.1 Å². The predicted molar refractivity (Wildman–Crippen MR) is 73.5 cm³/mol. The summed E-state index contributed by atoms with van der Waals surface area (Å²) in [5.41, 5.74) is 1.15. The Morgan fingerprint density at radius 2 is 2.06 bits per heavy atom. The maximum atomic E-state index is 11.9. The van der Waals surface area contributed by atoms with Crippen molar-refractivity contribution < 1.29 is 4.55 Å². The van der Waals surface area contributed by atoms with E-state index in [0.29, 0.717) is 0 Å². The highest BCUT2D eigenvalue weighted by molar-refractivity contribution is 7.90. The number of rotatable bonds is 3. The van der Waals surface area contributed by atoms with Crippen molar-refractivity contribution >= 4 is 34.3 Å². The smallest absolute Gasteiger partial charge is 0.136 e. The molecule has 0 bridgehead atoms. The molecule has 1 aromatic heterocycles. The summed E-state index contributed by atoms with van der Waals surface area (Å²) in [5.74, 6) is 0. The normalized spacial score (nSPS) is 16.2. The SMILES string of the molecule is Cc1cc(Cl)sc1[C@@H](C)N[S+]([O-])C(C)(C)C. The molecule has 16 heavy (non-hydrogen) atoms. The fourth-order valence-electron chi connectivity index (χ4n) is 1.28. The van der Waals surface area contributed by atoms with Gasteiger partial charge in [0.2, 0.25) is 0 Å². The quantitative estimate of drug-likeness (QED) is 0.854. The average Bonchev–Trinajstić information content (AvgIpc) is 2.43. The third-order valence-corrected chi connectivity index (χ3v) is 5.39. The summed E-state index contributed by atoms with van der Waals surface area (Å²) in [6, 6.07) is 2.01. The lowest BCUT2D eigenvalue weighted by atomic mass is 10.2. The highest BCUT2D eigenvalue weighted by Gasteiger charge is 2.29. The van der Waals surface area contributed by atoms with E-state index in [2.05, 4.69) is 4.72 Å². The summed E-state index contributed by atoms with van der Waals surface area (Å²) < 4.78 is 15.6. The van der Waals surface area contributed by atoms with Crippen molar-refractivity contribution in [3.8, 4) is 0 Å². The van der Waals surface area contributed by atoms with E-state index < -0.39 is 11.4 Å². The zero-order valence-corrected chi connectivity index (χ0v) is 12.6. The van der Waals surface area contributed by atoms with Crippen LogP contribution in [0.4, 0.5) is 0 Å². The van der Waals surface area contributed by atoms with Crippen molar-refractivity contribution in [3.63, 3.8) is 0 Å². The van der Waals surface area contributed by atoms with E-state index in [1.807, 2.05) is 40.7 Å². The van der Waals surface area contributed by atoms with Crippen LogP contribution in [0, 0.1) is 6.92 Å². The van der Waals surface area contributed by atoms with E-state index >= 15 is 0 Å². The molecule has 1 heterocycles. The maximum Gasteiger partial charge on any atom is 0.136 e. The van der Waals surface area contributed by atoms with Crippen LogP contribution in [0.15, 0.2) is 6.07 Å². The first-order chi connectivity index (χ1) is 7.21. The minimum Gasteiger partial charge on any atom is -0.598 e. The second-order valence-corrected chi connectivity index (χ2v) is 8.53. The molecule has 0 aliphatic heterocycles. The van der Waals surface area contributed by atoms with Gasteiger partial charge in [0, 0.05) is 16.2 Å². The fraction of sp³-hybridized carbons (Fsp3) is 0.636. The Bertz CT molecular complexity index is 359. The lowest BCUT2D eigenvalue weighted by Gasteiger charge is -2.26. The topological polar surface area (TPSA) is 35.1 Å². The Labute approximate surface area is 110 Å². The third-order valence-electron chi connectivity index (χ3n) is 2.16. The summed E-state index contributed by atoms with van der Waals surface area (Å²) in [4.78, 5) is 1.16. The summed E-state index contributed by atoms with van der Waals surface area (Å²) in [7, 11) is 0. The molecule has 0 saturated heterocycles. The molecule has 0 saturated carbocycles. The van der Waals surface area contributed by atoms with Gasteiger partial charge in [0.25, 0.3) is 0 Å². The van der Waals surface area contributed by atoms with Gasteiger partial charge in [0.15, 0.2) is 0 Å². The number of hydrogen-bond donors (Lipinski definition) is 1. The molecular formula is C11H18ClNOS2. The zero-order chi connectivity index (χ0) is 12.5. The second-order valence-electron chi connectivity index (χ2n) is 4.82. The summed E-state index contributed by atoms with van der Waals surface area (Å²) in [5, 5.41) is 0. The molecule has 92 valence electrons. The standard InChI is InChI=1S/C11H18ClNOS2/c1-7-6-9(12)15-10(7)8(2)13-16(14)11(3,4)5/h6,8,13H,1-5H3/t8-,16?/m1/s1. The largest absolute Gasteiger partial charge is 0.598 e. The number of nitrogens with one attached hydrogen (secondary N) is 1. The number of aryl methyl sites for hydroxylation is 1. The molecule has 0 aliphatic carbocycles. The van der Waals surface area contributed by atoms with Gasteiger partial charge >= 0.3 is 0 Å². The van der Waals surface area contributed by atoms with E-state index in [4.69, 9.17) is 11.6 Å². The predicted octanol–water partition coefficient (Wildman–Crippen LogP) is 3.82. The molecule has 0 amide bonds. The monoisotopic (exact) mass is 279 g/mol. The maximum absolute atomic E-state index is 11.9. The zero-order valence-electron chi connectivity index (χ0n) is 10.3. The van der Waals surface area contributed by atoms with Gasteiger partial charge in [-0.1, -0.05) is 11.6 Å². The van der Waals surface area contributed by atoms with Crippen molar-refractivity contribution in [1.29, 1.82) is 0 Å². The van der Waals surface area contributed by atoms with E-state index in [9.17, 15) is 4.55 Å². The van der Waals surface area contributed by atoms with Gasteiger partial charge < -0.3 is 4.55 Å². The fourth-order valence-corrected chi connectivity index (χ4v) is 3.46. The molecule has 2 atom stereocenters. The number of thiophene rings is 1. The molecule has 0 fully saturated rings. The van der Waals surface area contributed by atoms with Crippen molar-refractivity contribution in [3.05, 3.63) is 20.8 Å². The van der Waals surface area contributed by atoms with Gasteiger partial charge in [-0.2, -0.15) is 0 Å². The van der Waals surface area contributed by atoms with Crippen LogP contribution in [-0.4, -0.2) is 9.30 Å². The number of hydrogen-bond acceptors (Lipinski definition) is 3. The summed E-state index contributed by atoms with van der Waals surface area (Å²) in [6.45, 7) is 9.90. The Kier molecular flexibility index (Phi) is 4.72. The van der Waals surface area contributed by atoms with Crippen molar-refractivity contribution in [2.45, 2.75) is 45.4 Å². The molecule has 1 aromatic rings. The van der Waals surface area contributed by atoms with E-state index in [1.165, 1.54) is 0 Å². The van der Waals surface area contributed by atoms with E-state index in [-0.39, 0.29) is 10.8 Å². The minimum atomic E-state index is -1.05. The van der Waals surface area contributed by atoms with Gasteiger partial charge in [-0.25, -0.2) is 0 Å². The minimum absolute atomic E-state index is 0.0672. The second kappa shape index (κ2) is 5.27. The number of halogens is 1. The van der Waals surface area contributed by atoms with Crippen molar-refractivity contribution in [2.75, 3.05) is 0 Å². The van der Waals surface area contributed by atoms with Crippen LogP contribution in [0.1, 0.15) is 44.2 Å². The van der Waals surface area contributed by atoms with Gasteiger partial charge in [-0.05, 0) is 46.2 Å². The van der Waals surface area contributed by atoms with Crippen LogP contribution in [-0.2, 0) is 11.4 Å². The molecule has 2 nitrogen and oxygen atoms in total. The molecule has 0 aromatic carbocycles. The summed E-state index contributed by atoms with van der Waals surface area (Å²) in [6.07, 6.45) is 0. The Balaban J connectivity index is 2.73. The first-order valence-corrected chi connectivity index (χ1v) is 7.50. The molecule has 1 N–H and O–H groups in total. The highest BCUT2D eigenvalue weighted by Crippen LogP contribution is 2.32. The van der Waals surface area contributed by atoms with Crippen LogP contribution in [0.5, 0.6) is 0 Å². The Morgan fingerprint density at radius 1 is 1.50 bits per heavy atom. The Morgan fingerprint density at radius 3 is 2.44 bits per heavy atom. The van der Waals surface area contributed by atoms with Crippen molar-refractivity contribution in [1.82, 2.24) is 4.72 Å². The van der Waals surface area contributed by atoms with Crippen LogP contribution >= 0.6 is 22.9 Å². The molecule has 5 heteroatoms. The van der Waals surface area contributed by atoms with Crippen LogP contribution < -0.4 is 4.72 Å². The van der Waals surface area contributed by atoms with Gasteiger partial charge in [0.1, 0.15) is 4.75 Å². The summed E-state index contributed by atoms with van der Waals surface area (Å²) >= 11 is 6.44. The Hall–Kier alpha value is 0.260. The van der Waals surface area contributed by atoms with E-state index in [0.717, 1.165) is 14.8 Å². The molecule has 1 unspecified atom stereocenters. The molecule has 0 radical (unpaired) electrons. The average molecular weight is 280 g/mol. The van der Waals surface area contributed by atoms with Crippen LogP contribution in [0.25, 0.3) is 0 Å². The lowest BCUT2D eigenvalue weighted by Crippen LogP contribution is -2.40. The molecule has 0 aliphatic rings. The van der Waals surface area contributed by atoms with Crippen LogP contribution in [0.2, 0.25) is 4.34 Å². The van der Waals surface area contributed by atoms with Crippen molar-refractivity contribution in [2.24, 2.45) is 0 Å².